The Hall–Kier alpha value is -2.33. The third kappa shape index (κ3) is 7.59. The van der Waals surface area contributed by atoms with E-state index in [0.29, 0.717) is 27.8 Å². The van der Waals surface area contributed by atoms with E-state index in [0.717, 1.165) is 23.4 Å². The van der Waals surface area contributed by atoms with Gasteiger partial charge in [-0.05, 0) is 49.6 Å². The number of nitrogens with zero attached hydrogens (tertiary/aromatic N) is 1. The van der Waals surface area contributed by atoms with Crippen molar-refractivity contribution in [2.75, 3.05) is 17.3 Å². The van der Waals surface area contributed by atoms with E-state index in [4.69, 9.17) is 23.2 Å². The minimum absolute atomic E-state index is 0.0195. The number of likely N-dealkylation sites (N-methyl/N-ethyl adjacent to an activating group) is 1. The van der Waals surface area contributed by atoms with Crippen LogP contribution < -0.4 is 14.9 Å². The SMILES string of the molecule is C=C(S/C(Cl)=C\C)S(=O)NC(=O)Nc1ccc(N(C)C(=O)C2=CC(Cl)=CCC=C2CC)c(F)c1. The van der Waals surface area contributed by atoms with E-state index in [1.807, 2.05) is 13.0 Å². The molecule has 0 saturated heterocycles. The Kier molecular flexibility index (Phi) is 10.6. The van der Waals surface area contributed by atoms with Gasteiger partial charge >= 0.3 is 6.03 Å². The van der Waals surface area contributed by atoms with Crippen molar-refractivity contribution in [2.24, 2.45) is 0 Å². The van der Waals surface area contributed by atoms with E-state index in [9.17, 15) is 18.2 Å². The highest BCUT2D eigenvalue weighted by Crippen LogP contribution is 2.29. The first-order valence-corrected chi connectivity index (χ1v) is 12.8. The zero-order valence-corrected chi connectivity index (χ0v) is 21.9. The third-order valence-corrected chi connectivity index (χ3v) is 7.48. The molecule has 2 N–H and O–H groups in total. The number of hydrogen-bond acceptors (Lipinski definition) is 4. The lowest BCUT2D eigenvalue weighted by Gasteiger charge is -2.21. The van der Waals surface area contributed by atoms with Gasteiger partial charge in [-0.25, -0.2) is 13.4 Å². The molecule has 6 nitrogen and oxygen atoms in total. The van der Waals surface area contributed by atoms with Gasteiger partial charge in [0.05, 0.1) is 14.3 Å². The second kappa shape index (κ2) is 12.9. The number of carbonyl (C=O) groups is 2. The minimum atomic E-state index is -1.92. The lowest BCUT2D eigenvalue weighted by molar-refractivity contribution is -0.114. The Bertz CT molecular complexity index is 1150. The van der Waals surface area contributed by atoms with Gasteiger partial charge in [0, 0.05) is 23.3 Å². The lowest BCUT2D eigenvalue weighted by atomic mass is 10.0. The van der Waals surface area contributed by atoms with Crippen LogP contribution in [0.1, 0.15) is 26.7 Å². The second-order valence-electron chi connectivity index (χ2n) is 6.89. The molecule has 1 atom stereocenters. The van der Waals surface area contributed by atoms with Gasteiger partial charge in [-0.15, -0.1) is 0 Å². The Labute approximate surface area is 215 Å². The van der Waals surface area contributed by atoms with E-state index in [2.05, 4.69) is 16.6 Å². The largest absolute Gasteiger partial charge is 0.331 e. The summed E-state index contributed by atoms with van der Waals surface area (Å²) in [6.45, 7) is 7.23. The topological polar surface area (TPSA) is 78.5 Å². The van der Waals surface area contributed by atoms with Gasteiger partial charge < -0.3 is 10.2 Å². The Morgan fingerprint density at radius 2 is 2.06 bits per heavy atom. The summed E-state index contributed by atoms with van der Waals surface area (Å²) in [4.78, 5) is 26.4. The van der Waals surface area contributed by atoms with E-state index in [1.165, 1.54) is 24.1 Å². The standard InChI is InChI=1S/C23H24Cl2FN3O3S2/c1-5-15-8-7-9-16(24)12-18(15)22(30)29(4)20-11-10-17(13-19(20)26)27-23(31)28-34(32)14(3)33-21(25)6-2/h6,8-13H,3,5,7H2,1-2,4H3,(H2,27,28,31)/b21-6-. The average molecular weight is 545 g/mol. The highest BCUT2D eigenvalue weighted by atomic mass is 35.5. The number of rotatable bonds is 8. The molecule has 182 valence electrons. The van der Waals surface area contributed by atoms with Crippen LogP contribution in [0.25, 0.3) is 0 Å². The summed E-state index contributed by atoms with van der Waals surface area (Å²) in [6.07, 6.45) is 8.11. The Morgan fingerprint density at radius 3 is 2.68 bits per heavy atom. The zero-order chi connectivity index (χ0) is 25.4. The van der Waals surface area contributed by atoms with Gasteiger partial charge in [0.25, 0.3) is 5.91 Å². The van der Waals surface area contributed by atoms with Crippen molar-refractivity contribution in [3.8, 4) is 0 Å². The molecule has 0 aliphatic heterocycles. The number of halogens is 3. The molecule has 1 unspecified atom stereocenters. The highest BCUT2D eigenvalue weighted by Gasteiger charge is 2.22. The number of benzene rings is 1. The van der Waals surface area contributed by atoms with Crippen LogP contribution in [0.3, 0.4) is 0 Å². The monoisotopic (exact) mass is 543 g/mol. The van der Waals surface area contributed by atoms with Crippen LogP contribution in [-0.2, 0) is 15.8 Å². The van der Waals surface area contributed by atoms with Gasteiger partial charge in [0.15, 0.2) is 11.0 Å². The molecule has 0 heterocycles. The van der Waals surface area contributed by atoms with Gasteiger partial charge in [-0.3, -0.25) is 9.52 Å². The van der Waals surface area contributed by atoms with E-state index in [1.54, 1.807) is 25.2 Å². The first-order valence-electron chi connectivity index (χ1n) is 10.1. The highest BCUT2D eigenvalue weighted by molar-refractivity contribution is 8.19. The third-order valence-electron chi connectivity index (χ3n) is 4.62. The Balaban J connectivity index is 2.11. The molecular weight excluding hydrogens is 520 g/mol. The molecule has 0 radical (unpaired) electrons. The molecule has 0 bridgehead atoms. The molecule has 2 rings (SSSR count). The lowest BCUT2D eigenvalue weighted by Crippen LogP contribution is -2.31. The fraction of sp³-hybridized carbons (Fsp3) is 0.217. The predicted octanol–water partition coefficient (Wildman–Crippen LogP) is 6.67. The maximum Gasteiger partial charge on any atom is 0.331 e. The Morgan fingerprint density at radius 1 is 1.35 bits per heavy atom. The second-order valence-corrected chi connectivity index (χ2v) is 10.6. The quantitative estimate of drug-likeness (QED) is 0.383. The summed E-state index contributed by atoms with van der Waals surface area (Å²) in [5.74, 6) is -1.14. The predicted molar refractivity (Wildman–Crippen MR) is 141 cm³/mol. The normalized spacial score (nSPS) is 14.8. The van der Waals surface area contributed by atoms with Crippen LogP contribution >= 0.6 is 35.0 Å². The molecule has 1 aliphatic rings. The number of hydrogen-bond donors (Lipinski definition) is 2. The van der Waals surface area contributed by atoms with Crippen molar-refractivity contribution in [1.82, 2.24) is 4.72 Å². The molecule has 3 amide bonds. The maximum absolute atomic E-state index is 14.9. The minimum Gasteiger partial charge on any atom is -0.309 e. The molecular formula is C23H24Cl2FN3O3S2. The zero-order valence-electron chi connectivity index (χ0n) is 18.8. The molecule has 1 aromatic rings. The first-order chi connectivity index (χ1) is 16.1. The molecule has 0 saturated carbocycles. The number of anilines is 2. The van der Waals surface area contributed by atoms with E-state index >= 15 is 0 Å². The van der Waals surface area contributed by atoms with Gasteiger partial charge in [0.1, 0.15) is 5.82 Å². The molecule has 0 spiro atoms. The number of nitrogens with one attached hydrogen (secondary N) is 2. The average Bonchev–Trinajstić information content (AvgIpc) is 2.98. The van der Waals surface area contributed by atoms with Crippen LogP contribution in [0.4, 0.5) is 20.6 Å². The molecule has 11 heteroatoms. The summed E-state index contributed by atoms with van der Waals surface area (Å²) >= 11 is 12.9. The summed E-state index contributed by atoms with van der Waals surface area (Å²) in [7, 11) is -0.460. The van der Waals surface area contributed by atoms with Gasteiger partial charge in [0.2, 0.25) is 0 Å². The maximum atomic E-state index is 14.9. The van der Waals surface area contributed by atoms with Crippen molar-refractivity contribution in [2.45, 2.75) is 26.7 Å². The number of allylic oxidation sites excluding steroid dienone is 5. The number of carbonyl (C=O) groups excluding carboxylic acids is 2. The van der Waals surface area contributed by atoms with Crippen molar-refractivity contribution < 1.29 is 18.2 Å². The molecule has 1 aliphatic carbocycles. The fourth-order valence-corrected chi connectivity index (χ4v) is 4.88. The summed E-state index contributed by atoms with van der Waals surface area (Å²) in [6, 6.07) is 3.03. The summed E-state index contributed by atoms with van der Waals surface area (Å²) < 4.78 is 29.7. The number of thioether (sulfide) groups is 1. The summed E-state index contributed by atoms with van der Waals surface area (Å²) in [5.41, 5.74) is 1.34. The van der Waals surface area contributed by atoms with Crippen LogP contribution in [0.15, 0.2) is 73.9 Å². The summed E-state index contributed by atoms with van der Waals surface area (Å²) in [5, 5.41) is 2.83. The number of urea groups is 1. The van der Waals surface area contributed by atoms with Crippen molar-refractivity contribution in [3.63, 3.8) is 0 Å². The van der Waals surface area contributed by atoms with Gasteiger partial charge in [-0.1, -0.05) is 66.7 Å². The van der Waals surface area contributed by atoms with Crippen LogP contribution in [0.2, 0.25) is 0 Å². The van der Waals surface area contributed by atoms with E-state index < -0.39 is 28.7 Å². The van der Waals surface area contributed by atoms with Gasteiger partial charge in [-0.2, -0.15) is 0 Å². The van der Waals surface area contributed by atoms with Crippen molar-refractivity contribution in [1.29, 1.82) is 0 Å². The van der Waals surface area contributed by atoms with Crippen molar-refractivity contribution in [3.05, 3.63) is 79.7 Å². The first kappa shape index (κ1) is 27.9. The molecule has 0 fully saturated rings. The fourth-order valence-electron chi connectivity index (χ4n) is 2.90. The van der Waals surface area contributed by atoms with Crippen LogP contribution in [-0.4, -0.2) is 23.2 Å². The van der Waals surface area contributed by atoms with Crippen molar-refractivity contribution >= 4 is 69.3 Å². The molecule has 34 heavy (non-hydrogen) atoms. The molecule has 0 aromatic heterocycles. The molecule has 1 aromatic carbocycles. The number of amides is 3. The van der Waals surface area contributed by atoms with Crippen LogP contribution in [0.5, 0.6) is 0 Å². The van der Waals surface area contributed by atoms with Crippen LogP contribution in [0, 0.1) is 5.82 Å². The van der Waals surface area contributed by atoms with E-state index in [-0.39, 0.29) is 15.6 Å². The smallest absolute Gasteiger partial charge is 0.309 e.